The Hall–Kier alpha value is -0.470. The third kappa shape index (κ3) is 3.05. The van der Waals surface area contributed by atoms with E-state index >= 15 is 0 Å². The predicted molar refractivity (Wildman–Crippen MR) is 101 cm³/mol. The molecule has 1 heterocycles. The lowest BCUT2D eigenvalue weighted by Crippen LogP contribution is -2.45. The third-order valence-electron chi connectivity index (χ3n) is 6.07. The fourth-order valence-electron chi connectivity index (χ4n) is 4.25. The van der Waals surface area contributed by atoms with Crippen LogP contribution in [-0.2, 0) is 19.0 Å². The second-order valence-corrected chi connectivity index (χ2v) is 9.71. The molecule has 2 saturated carbocycles. The number of rotatable bonds is 4. The Kier molecular flexibility index (Phi) is 4.55. The van der Waals surface area contributed by atoms with Gasteiger partial charge in [-0.1, -0.05) is 31.9 Å². The van der Waals surface area contributed by atoms with Crippen molar-refractivity contribution in [3.63, 3.8) is 0 Å². The van der Waals surface area contributed by atoms with Crippen LogP contribution in [0.3, 0.4) is 0 Å². The summed E-state index contributed by atoms with van der Waals surface area (Å²) in [6.07, 6.45) is 2.54. The highest BCUT2D eigenvalue weighted by Crippen LogP contribution is 2.66. The molecular formula is C19H22Br2O5. The lowest BCUT2D eigenvalue weighted by molar-refractivity contribution is -0.278. The van der Waals surface area contributed by atoms with Gasteiger partial charge < -0.3 is 19.3 Å². The smallest absolute Gasteiger partial charge is 0.303 e. The number of halogens is 2. The highest BCUT2D eigenvalue weighted by atomic mass is 79.9. The number of hydrogen-bond donors (Lipinski definition) is 1. The SMILES string of the molecule is CC(=O)OC1(C)CC1(CO)C1CC2(CC2)OC(c2cc(Br)ccc2Br)O1. The quantitative estimate of drug-likeness (QED) is 0.640. The molecule has 4 atom stereocenters. The van der Waals surface area contributed by atoms with Crippen LogP contribution in [-0.4, -0.2) is 35.0 Å². The molecule has 0 aromatic heterocycles. The largest absolute Gasteiger partial charge is 0.459 e. The molecule has 142 valence electrons. The molecule has 3 fully saturated rings. The van der Waals surface area contributed by atoms with Crippen LogP contribution < -0.4 is 0 Å². The maximum atomic E-state index is 11.5. The zero-order valence-corrected chi connectivity index (χ0v) is 17.9. The van der Waals surface area contributed by atoms with Gasteiger partial charge in [-0.05, 0) is 38.0 Å². The van der Waals surface area contributed by atoms with E-state index in [4.69, 9.17) is 14.2 Å². The van der Waals surface area contributed by atoms with Crippen molar-refractivity contribution in [3.05, 3.63) is 32.7 Å². The van der Waals surface area contributed by atoms with E-state index in [2.05, 4.69) is 31.9 Å². The van der Waals surface area contributed by atoms with E-state index in [1.54, 1.807) is 0 Å². The minimum Gasteiger partial charge on any atom is -0.459 e. The molecule has 0 bridgehead atoms. The molecule has 2 aliphatic carbocycles. The van der Waals surface area contributed by atoms with Crippen LogP contribution in [0.5, 0.6) is 0 Å². The van der Waals surface area contributed by atoms with Gasteiger partial charge in [0.25, 0.3) is 0 Å². The zero-order chi connectivity index (χ0) is 18.7. The van der Waals surface area contributed by atoms with Crippen LogP contribution in [0.4, 0.5) is 0 Å². The monoisotopic (exact) mass is 488 g/mol. The normalized spacial score (nSPS) is 37.4. The first-order valence-corrected chi connectivity index (χ1v) is 10.4. The molecule has 26 heavy (non-hydrogen) atoms. The van der Waals surface area contributed by atoms with Crippen molar-refractivity contribution in [2.45, 2.75) is 63.1 Å². The van der Waals surface area contributed by atoms with Crippen LogP contribution in [0.15, 0.2) is 27.1 Å². The Morgan fingerprint density at radius 2 is 2.12 bits per heavy atom. The lowest BCUT2D eigenvalue weighted by atomic mass is 9.89. The van der Waals surface area contributed by atoms with Crippen molar-refractivity contribution in [1.29, 1.82) is 0 Å². The van der Waals surface area contributed by atoms with E-state index < -0.39 is 17.3 Å². The summed E-state index contributed by atoms with van der Waals surface area (Å²) in [4.78, 5) is 11.5. The van der Waals surface area contributed by atoms with Crippen LogP contribution in [0.2, 0.25) is 0 Å². The summed E-state index contributed by atoms with van der Waals surface area (Å²) in [6, 6.07) is 5.89. The maximum Gasteiger partial charge on any atom is 0.303 e. The van der Waals surface area contributed by atoms with Gasteiger partial charge in [-0.25, -0.2) is 0 Å². The van der Waals surface area contributed by atoms with Crippen molar-refractivity contribution >= 4 is 37.8 Å². The van der Waals surface area contributed by atoms with Crippen LogP contribution >= 0.6 is 31.9 Å². The van der Waals surface area contributed by atoms with Crippen molar-refractivity contribution in [1.82, 2.24) is 0 Å². The first-order chi connectivity index (χ1) is 12.2. The van der Waals surface area contributed by atoms with Gasteiger partial charge in [0.2, 0.25) is 0 Å². The molecule has 5 nitrogen and oxygen atoms in total. The fourth-order valence-corrected chi connectivity index (χ4v) is 5.06. The van der Waals surface area contributed by atoms with Gasteiger partial charge in [0.1, 0.15) is 5.60 Å². The predicted octanol–water partition coefficient (Wildman–Crippen LogP) is 4.25. The average Bonchev–Trinajstić information content (AvgIpc) is 3.45. The van der Waals surface area contributed by atoms with Crippen molar-refractivity contribution in [3.8, 4) is 0 Å². The van der Waals surface area contributed by atoms with Gasteiger partial charge in [0, 0.05) is 34.3 Å². The second-order valence-electron chi connectivity index (χ2n) is 7.94. The molecule has 3 aliphatic rings. The van der Waals surface area contributed by atoms with Crippen molar-refractivity contribution < 1.29 is 24.1 Å². The number of aliphatic hydroxyl groups excluding tert-OH is 1. The van der Waals surface area contributed by atoms with Crippen LogP contribution in [0.25, 0.3) is 0 Å². The summed E-state index contributed by atoms with van der Waals surface area (Å²) in [5, 5.41) is 10.2. The summed E-state index contributed by atoms with van der Waals surface area (Å²) in [5.74, 6) is -0.331. The lowest BCUT2D eigenvalue weighted by Gasteiger charge is -2.41. The summed E-state index contributed by atoms with van der Waals surface area (Å²) < 4.78 is 20.1. The number of benzene rings is 1. The minimum atomic E-state index is -0.690. The topological polar surface area (TPSA) is 65.0 Å². The Labute approximate surface area is 169 Å². The Bertz CT molecular complexity index is 749. The van der Waals surface area contributed by atoms with E-state index in [0.29, 0.717) is 12.8 Å². The van der Waals surface area contributed by atoms with E-state index in [-0.39, 0.29) is 24.3 Å². The fraction of sp³-hybridized carbons (Fsp3) is 0.632. The number of carbonyl (C=O) groups is 1. The molecular weight excluding hydrogens is 468 g/mol. The van der Waals surface area contributed by atoms with Gasteiger partial charge in [0.05, 0.1) is 23.7 Å². The summed E-state index contributed by atoms with van der Waals surface area (Å²) in [5.41, 5.74) is -0.546. The summed E-state index contributed by atoms with van der Waals surface area (Å²) in [7, 11) is 0. The number of esters is 1. The highest BCUT2D eigenvalue weighted by Gasteiger charge is 2.73. The van der Waals surface area contributed by atoms with E-state index in [1.807, 2.05) is 25.1 Å². The molecule has 1 N–H and O–H groups in total. The highest BCUT2D eigenvalue weighted by molar-refractivity contribution is 9.11. The molecule has 1 aromatic rings. The molecule has 1 spiro atoms. The van der Waals surface area contributed by atoms with E-state index in [0.717, 1.165) is 27.4 Å². The number of hydrogen-bond acceptors (Lipinski definition) is 5. The van der Waals surface area contributed by atoms with E-state index in [9.17, 15) is 9.90 Å². The molecule has 1 saturated heterocycles. The summed E-state index contributed by atoms with van der Waals surface area (Å²) in [6.45, 7) is 3.21. The first-order valence-electron chi connectivity index (χ1n) is 8.81. The number of carbonyl (C=O) groups excluding carboxylic acids is 1. The molecule has 4 rings (SSSR count). The van der Waals surface area contributed by atoms with Crippen molar-refractivity contribution in [2.75, 3.05) is 6.61 Å². The molecule has 0 amide bonds. The average molecular weight is 490 g/mol. The van der Waals surface area contributed by atoms with Gasteiger partial charge in [-0.3, -0.25) is 4.79 Å². The van der Waals surface area contributed by atoms with Gasteiger partial charge in [-0.15, -0.1) is 0 Å². The second kappa shape index (κ2) is 6.27. The minimum absolute atomic E-state index is 0.0795. The third-order valence-corrected chi connectivity index (χ3v) is 7.29. The Morgan fingerprint density at radius 1 is 1.38 bits per heavy atom. The molecule has 0 radical (unpaired) electrons. The first kappa shape index (κ1) is 18.9. The molecule has 4 unspecified atom stereocenters. The Morgan fingerprint density at radius 3 is 2.73 bits per heavy atom. The molecule has 1 aliphatic heterocycles. The molecule has 1 aromatic carbocycles. The molecule has 7 heteroatoms. The van der Waals surface area contributed by atoms with Gasteiger partial charge in [-0.2, -0.15) is 0 Å². The summed E-state index contributed by atoms with van der Waals surface area (Å²) >= 11 is 7.09. The van der Waals surface area contributed by atoms with Crippen LogP contribution in [0.1, 0.15) is 51.4 Å². The Balaban J connectivity index is 1.64. The number of ether oxygens (including phenoxy) is 3. The van der Waals surface area contributed by atoms with Crippen molar-refractivity contribution in [2.24, 2.45) is 5.41 Å². The zero-order valence-electron chi connectivity index (χ0n) is 14.8. The van der Waals surface area contributed by atoms with Crippen LogP contribution in [0, 0.1) is 5.41 Å². The van der Waals surface area contributed by atoms with Gasteiger partial charge in [0.15, 0.2) is 6.29 Å². The van der Waals surface area contributed by atoms with E-state index in [1.165, 1.54) is 6.92 Å². The number of aliphatic hydroxyl groups is 1. The maximum absolute atomic E-state index is 11.5. The standard InChI is InChI=1S/C19H22Br2O5/c1-11(23)25-17(2)9-19(17,10-22)15-8-18(5-6-18)26-16(24-15)13-7-12(20)3-4-14(13)21/h3-4,7,15-16,22H,5-6,8-10H2,1-2H3. The van der Waals surface area contributed by atoms with Gasteiger partial charge >= 0.3 is 5.97 Å².